The largest absolute Gasteiger partial charge is 0.494 e. The van der Waals surface area contributed by atoms with Crippen molar-refractivity contribution in [1.82, 2.24) is 0 Å². The molecule has 0 amide bonds. The Hall–Kier alpha value is -2.38. The summed E-state index contributed by atoms with van der Waals surface area (Å²) in [5.74, 6) is -2.00. The van der Waals surface area contributed by atoms with E-state index in [4.69, 9.17) is 9.84 Å². The molecule has 0 saturated heterocycles. The summed E-state index contributed by atoms with van der Waals surface area (Å²) >= 11 is 0. The number of carboxylic acids is 1. The second-order valence-corrected chi connectivity index (χ2v) is 3.80. The summed E-state index contributed by atoms with van der Waals surface area (Å²) in [6, 6.07) is 1.93. The molecule has 0 radical (unpaired) electrons. The van der Waals surface area contributed by atoms with E-state index in [1.165, 1.54) is 25.1 Å². The maximum Gasteiger partial charge on any atom is 0.305 e. The summed E-state index contributed by atoms with van der Waals surface area (Å²) in [4.78, 5) is 22.0. The fraction of sp³-hybridized carbons (Fsp3) is 0.364. The van der Waals surface area contributed by atoms with Gasteiger partial charge in [-0.25, -0.2) is 4.39 Å². The third-order valence-corrected chi connectivity index (χ3v) is 2.52. The summed E-state index contributed by atoms with van der Waals surface area (Å²) in [6.45, 7) is 0.0605. The maximum absolute atomic E-state index is 13.4. The first-order chi connectivity index (χ1) is 8.86. The number of benzene rings is 1. The fourth-order valence-corrected chi connectivity index (χ4v) is 1.52. The Balaban J connectivity index is 3.15. The van der Waals surface area contributed by atoms with Crippen LogP contribution in [0.15, 0.2) is 12.1 Å². The van der Waals surface area contributed by atoms with Crippen LogP contribution in [-0.4, -0.2) is 36.7 Å². The van der Waals surface area contributed by atoms with Crippen LogP contribution in [0.25, 0.3) is 0 Å². The number of carboxylic acid groups (broad SMARTS) is 1. The first-order valence-corrected chi connectivity index (χ1v) is 5.31. The van der Waals surface area contributed by atoms with Crippen LogP contribution in [-0.2, 0) is 4.79 Å². The van der Waals surface area contributed by atoms with Crippen LogP contribution in [0.5, 0.6) is 5.75 Å². The number of aliphatic carboxylic acids is 1. The number of rotatable bonds is 6. The highest BCUT2D eigenvalue weighted by atomic mass is 19.1. The third-order valence-electron chi connectivity index (χ3n) is 2.52. The van der Waals surface area contributed by atoms with Gasteiger partial charge in [0.2, 0.25) is 0 Å². The molecule has 0 heterocycles. The van der Waals surface area contributed by atoms with Gasteiger partial charge in [-0.05, 0) is 0 Å². The average Bonchev–Trinajstić information content (AvgIpc) is 2.35. The molecule has 0 aromatic heterocycles. The molecule has 0 saturated carbocycles. The van der Waals surface area contributed by atoms with E-state index >= 15 is 0 Å². The van der Waals surface area contributed by atoms with Crippen molar-refractivity contribution in [2.75, 3.05) is 25.6 Å². The number of nitro benzene ring substituents is 1. The van der Waals surface area contributed by atoms with Gasteiger partial charge in [0.1, 0.15) is 5.69 Å². The van der Waals surface area contributed by atoms with Crippen LogP contribution in [0.3, 0.4) is 0 Å². The maximum atomic E-state index is 13.4. The highest BCUT2D eigenvalue weighted by Gasteiger charge is 2.22. The summed E-state index contributed by atoms with van der Waals surface area (Å²) in [5.41, 5.74) is -0.337. The van der Waals surface area contributed by atoms with Crippen LogP contribution >= 0.6 is 0 Å². The molecule has 1 N–H and O–H groups in total. The topological polar surface area (TPSA) is 92.9 Å². The monoisotopic (exact) mass is 272 g/mol. The average molecular weight is 272 g/mol. The standard InChI is InChI=1S/C11H13FN2O5/c1-13(4-3-11(15)16)8-6-10(19-2)7(12)5-9(8)14(17)18/h5-6H,3-4H2,1-2H3,(H,15,16). The minimum absolute atomic E-state index is 0.0605. The van der Waals surface area contributed by atoms with Crippen LogP contribution < -0.4 is 9.64 Å². The van der Waals surface area contributed by atoms with Gasteiger partial charge >= 0.3 is 5.97 Å². The number of ether oxygens (including phenoxy) is 1. The van der Waals surface area contributed by atoms with E-state index in [1.54, 1.807) is 0 Å². The summed E-state index contributed by atoms with van der Waals surface area (Å²) in [7, 11) is 2.73. The molecule has 0 aliphatic heterocycles. The molecule has 7 nitrogen and oxygen atoms in total. The zero-order valence-electron chi connectivity index (χ0n) is 10.4. The Labute approximate surface area is 108 Å². The van der Waals surface area contributed by atoms with Gasteiger partial charge in [-0.3, -0.25) is 14.9 Å². The predicted octanol–water partition coefficient (Wildman–Crippen LogP) is 1.65. The third kappa shape index (κ3) is 3.54. The molecule has 0 atom stereocenters. The van der Waals surface area contributed by atoms with Gasteiger partial charge in [0.15, 0.2) is 11.6 Å². The van der Waals surface area contributed by atoms with Gasteiger partial charge in [-0.1, -0.05) is 0 Å². The molecule has 0 aliphatic carbocycles. The lowest BCUT2D eigenvalue weighted by molar-refractivity contribution is -0.384. The van der Waals surface area contributed by atoms with Crippen molar-refractivity contribution in [2.24, 2.45) is 0 Å². The predicted molar refractivity (Wildman–Crippen MR) is 65.1 cm³/mol. The summed E-state index contributed by atoms with van der Waals surface area (Å²) in [6.07, 6.45) is -0.187. The number of hydrogen-bond acceptors (Lipinski definition) is 5. The van der Waals surface area contributed by atoms with Gasteiger partial charge < -0.3 is 14.7 Å². The zero-order valence-corrected chi connectivity index (χ0v) is 10.4. The Kier molecular flexibility index (Phi) is 4.62. The smallest absolute Gasteiger partial charge is 0.305 e. The van der Waals surface area contributed by atoms with Crippen molar-refractivity contribution >= 4 is 17.3 Å². The van der Waals surface area contributed by atoms with Crippen molar-refractivity contribution in [3.8, 4) is 5.75 Å². The highest BCUT2D eigenvalue weighted by Crippen LogP contribution is 2.33. The number of nitro groups is 1. The van der Waals surface area contributed by atoms with Gasteiger partial charge in [0.05, 0.1) is 24.5 Å². The van der Waals surface area contributed by atoms with Gasteiger partial charge in [0.25, 0.3) is 5.69 Å². The fourth-order valence-electron chi connectivity index (χ4n) is 1.52. The van der Waals surface area contributed by atoms with E-state index in [0.717, 1.165) is 6.07 Å². The van der Waals surface area contributed by atoms with Crippen LogP contribution in [0.4, 0.5) is 15.8 Å². The normalized spacial score (nSPS) is 10.1. The second kappa shape index (κ2) is 5.98. The SMILES string of the molecule is COc1cc(N(C)CCC(=O)O)c([N+](=O)[O-])cc1F. The quantitative estimate of drug-likeness (QED) is 0.625. The minimum atomic E-state index is -1.02. The Bertz CT molecular complexity index is 506. The molecular weight excluding hydrogens is 259 g/mol. The Morgan fingerprint density at radius 1 is 1.58 bits per heavy atom. The molecule has 19 heavy (non-hydrogen) atoms. The molecule has 104 valence electrons. The van der Waals surface area contributed by atoms with Crippen LogP contribution in [0.2, 0.25) is 0 Å². The summed E-state index contributed by atoms with van der Waals surface area (Å²) < 4.78 is 18.2. The van der Waals surface area contributed by atoms with Crippen LogP contribution in [0.1, 0.15) is 6.42 Å². The lowest BCUT2D eigenvalue weighted by Gasteiger charge is -2.19. The molecule has 1 aromatic rings. The molecule has 1 aromatic carbocycles. The van der Waals surface area contributed by atoms with Crippen molar-refractivity contribution in [2.45, 2.75) is 6.42 Å². The first-order valence-electron chi connectivity index (χ1n) is 5.31. The van der Waals surface area contributed by atoms with Crippen molar-refractivity contribution < 1.29 is 24.0 Å². The van der Waals surface area contributed by atoms with Gasteiger partial charge in [-0.15, -0.1) is 0 Å². The lowest BCUT2D eigenvalue weighted by Crippen LogP contribution is -2.22. The molecular formula is C11H13FN2O5. The zero-order chi connectivity index (χ0) is 14.6. The molecule has 0 bridgehead atoms. The van der Waals surface area contributed by atoms with Crippen molar-refractivity contribution in [1.29, 1.82) is 0 Å². The van der Waals surface area contributed by atoms with E-state index in [2.05, 4.69) is 0 Å². The second-order valence-electron chi connectivity index (χ2n) is 3.80. The number of methoxy groups -OCH3 is 1. The number of nitrogens with zero attached hydrogens (tertiary/aromatic N) is 2. The highest BCUT2D eigenvalue weighted by molar-refractivity contribution is 5.70. The molecule has 8 heteroatoms. The van der Waals surface area contributed by atoms with Crippen molar-refractivity contribution in [3.63, 3.8) is 0 Å². The molecule has 0 fully saturated rings. The number of carbonyl (C=O) groups is 1. The number of hydrogen-bond donors (Lipinski definition) is 1. The molecule has 0 aliphatic rings. The Morgan fingerprint density at radius 2 is 2.21 bits per heavy atom. The van der Waals surface area contributed by atoms with E-state index < -0.39 is 22.4 Å². The molecule has 1 rings (SSSR count). The van der Waals surface area contributed by atoms with Gasteiger partial charge in [0, 0.05) is 19.7 Å². The van der Waals surface area contributed by atoms with E-state index in [0.29, 0.717) is 0 Å². The minimum Gasteiger partial charge on any atom is -0.494 e. The molecule has 0 unspecified atom stereocenters. The van der Waals surface area contributed by atoms with E-state index in [9.17, 15) is 19.3 Å². The van der Waals surface area contributed by atoms with Crippen LogP contribution in [0, 0.1) is 15.9 Å². The lowest BCUT2D eigenvalue weighted by atomic mass is 10.2. The van der Waals surface area contributed by atoms with Gasteiger partial charge in [-0.2, -0.15) is 0 Å². The van der Waals surface area contributed by atoms with E-state index in [1.807, 2.05) is 0 Å². The summed E-state index contributed by atoms with van der Waals surface area (Å²) in [5, 5.41) is 19.5. The number of halogens is 1. The molecule has 0 spiro atoms. The first kappa shape index (κ1) is 14.7. The van der Waals surface area contributed by atoms with E-state index in [-0.39, 0.29) is 24.4 Å². The van der Waals surface area contributed by atoms with Crippen molar-refractivity contribution in [3.05, 3.63) is 28.1 Å². The Morgan fingerprint density at radius 3 is 2.68 bits per heavy atom. The number of anilines is 1.